The second-order valence-electron chi connectivity index (χ2n) is 4.61. The summed E-state index contributed by atoms with van der Waals surface area (Å²) in [6, 6.07) is 6.96. The van der Waals surface area contributed by atoms with Gasteiger partial charge in [0.25, 0.3) is 5.91 Å². The minimum atomic E-state index is -0.313. The van der Waals surface area contributed by atoms with E-state index in [-0.39, 0.29) is 18.6 Å². The van der Waals surface area contributed by atoms with Crippen LogP contribution in [-0.2, 0) is 0 Å². The third-order valence-corrected chi connectivity index (χ3v) is 3.18. The van der Waals surface area contributed by atoms with Gasteiger partial charge in [-0.1, -0.05) is 23.7 Å². The van der Waals surface area contributed by atoms with Crippen LogP contribution in [0, 0.1) is 6.92 Å². The second kappa shape index (κ2) is 6.07. The highest BCUT2D eigenvalue weighted by Crippen LogP contribution is 2.20. The maximum absolute atomic E-state index is 12.0. The molecule has 0 bridgehead atoms. The van der Waals surface area contributed by atoms with Crippen LogP contribution in [0.1, 0.15) is 23.0 Å². The summed E-state index contributed by atoms with van der Waals surface area (Å²) in [6.45, 7) is 3.41. The van der Waals surface area contributed by atoms with E-state index in [0.29, 0.717) is 16.4 Å². The Labute approximate surface area is 122 Å². The quantitative estimate of drug-likeness (QED) is 0.905. The summed E-state index contributed by atoms with van der Waals surface area (Å²) < 4.78 is 1.58. The summed E-state index contributed by atoms with van der Waals surface area (Å²) >= 11 is 6.11. The van der Waals surface area contributed by atoms with Gasteiger partial charge < -0.3 is 10.4 Å². The molecule has 5 nitrogen and oxygen atoms in total. The number of hydrogen-bond acceptors (Lipinski definition) is 3. The number of amides is 1. The first kappa shape index (κ1) is 14.6. The van der Waals surface area contributed by atoms with Gasteiger partial charge in [-0.15, -0.1) is 0 Å². The highest BCUT2D eigenvalue weighted by molar-refractivity contribution is 6.32. The van der Waals surface area contributed by atoms with Crippen molar-refractivity contribution in [3.8, 4) is 5.69 Å². The highest BCUT2D eigenvalue weighted by Gasteiger charge is 2.17. The lowest BCUT2D eigenvalue weighted by atomic mass is 10.2. The molecule has 106 valence electrons. The summed E-state index contributed by atoms with van der Waals surface area (Å²) in [7, 11) is 0. The van der Waals surface area contributed by atoms with Gasteiger partial charge in [-0.05, 0) is 26.0 Å². The van der Waals surface area contributed by atoms with Gasteiger partial charge in [-0.3, -0.25) is 4.79 Å². The molecule has 0 aliphatic heterocycles. The molecule has 0 aliphatic rings. The fraction of sp³-hybridized carbons (Fsp3) is 0.286. The molecule has 1 heterocycles. The number of aliphatic hydroxyl groups excluding tert-OH is 1. The van der Waals surface area contributed by atoms with Crippen molar-refractivity contribution in [1.29, 1.82) is 0 Å². The Bertz CT molecular complexity index is 625. The Morgan fingerprint density at radius 3 is 2.85 bits per heavy atom. The summed E-state index contributed by atoms with van der Waals surface area (Å²) in [5, 5.41) is 16.5. The van der Waals surface area contributed by atoms with Crippen molar-refractivity contribution < 1.29 is 9.90 Å². The molecule has 1 aromatic heterocycles. The van der Waals surface area contributed by atoms with Crippen molar-refractivity contribution >= 4 is 17.5 Å². The van der Waals surface area contributed by atoms with Crippen LogP contribution in [0.3, 0.4) is 0 Å². The van der Waals surface area contributed by atoms with E-state index < -0.39 is 0 Å². The lowest BCUT2D eigenvalue weighted by molar-refractivity contribution is 0.0916. The SMILES string of the molecule is Cc1cn(-c2ccccc2Cl)nc1C(=O)N[C@@H](C)CO. The van der Waals surface area contributed by atoms with E-state index in [4.69, 9.17) is 16.7 Å². The van der Waals surface area contributed by atoms with Gasteiger partial charge in [-0.2, -0.15) is 5.10 Å². The van der Waals surface area contributed by atoms with Gasteiger partial charge in [0.2, 0.25) is 0 Å². The van der Waals surface area contributed by atoms with Crippen LogP contribution in [0.2, 0.25) is 5.02 Å². The molecule has 1 amide bonds. The number of carbonyl (C=O) groups is 1. The first-order chi connectivity index (χ1) is 9.52. The van der Waals surface area contributed by atoms with Crippen molar-refractivity contribution in [3.05, 3.63) is 46.7 Å². The van der Waals surface area contributed by atoms with E-state index in [1.807, 2.05) is 18.2 Å². The predicted molar refractivity (Wildman–Crippen MR) is 77.3 cm³/mol. The first-order valence-corrected chi connectivity index (χ1v) is 6.63. The molecule has 2 N–H and O–H groups in total. The number of hydrogen-bond donors (Lipinski definition) is 2. The van der Waals surface area contributed by atoms with Gasteiger partial charge in [0.05, 0.1) is 17.3 Å². The van der Waals surface area contributed by atoms with E-state index in [1.54, 1.807) is 30.8 Å². The van der Waals surface area contributed by atoms with Crippen LogP contribution in [0.25, 0.3) is 5.69 Å². The molecular formula is C14H16ClN3O2. The largest absolute Gasteiger partial charge is 0.394 e. The van der Waals surface area contributed by atoms with Gasteiger partial charge in [0.15, 0.2) is 5.69 Å². The molecule has 2 aromatic rings. The molecule has 0 saturated heterocycles. The fourth-order valence-corrected chi connectivity index (χ4v) is 2.01. The minimum absolute atomic E-state index is 0.115. The zero-order valence-corrected chi connectivity index (χ0v) is 12.1. The lowest BCUT2D eigenvalue weighted by Gasteiger charge is -2.09. The maximum Gasteiger partial charge on any atom is 0.272 e. The number of carbonyl (C=O) groups excluding carboxylic acids is 1. The second-order valence-corrected chi connectivity index (χ2v) is 5.02. The molecule has 1 aromatic carbocycles. The molecule has 0 fully saturated rings. The van der Waals surface area contributed by atoms with E-state index in [9.17, 15) is 4.79 Å². The minimum Gasteiger partial charge on any atom is -0.394 e. The normalized spacial score (nSPS) is 12.2. The molecule has 0 saturated carbocycles. The van der Waals surface area contributed by atoms with E-state index in [1.165, 1.54) is 0 Å². The van der Waals surface area contributed by atoms with Crippen LogP contribution >= 0.6 is 11.6 Å². The molecule has 0 radical (unpaired) electrons. The molecule has 6 heteroatoms. The molecule has 1 atom stereocenters. The van der Waals surface area contributed by atoms with Crippen LogP contribution < -0.4 is 5.32 Å². The van der Waals surface area contributed by atoms with Crippen molar-refractivity contribution in [2.24, 2.45) is 0 Å². The number of nitrogens with one attached hydrogen (secondary N) is 1. The van der Waals surface area contributed by atoms with Crippen molar-refractivity contribution in [3.63, 3.8) is 0 Å². The lowest BCUT2D eigenvalue weighted by Crippen LogP contribution is -2.35. The first-order valence-electron chi connectivity index (χ1n) is 6.26. The Hall–Kier alpha value is -1.85. The van der Waals surface area contributed by atoms with E-state index >= 15 is 0 Å². The summed E-state index contributed by atoms with van der Waals surface area (Å²) in [5.74, 6) is -0.310. The zero-order valence-electron chi connectivity index (χ0n) is 11.3. The summed E-state index contributed by atoms with van der Waals surface area (Å²) in [6.07, 6.45) is 1.75. The number of para-hydroxylation sites is 1. The highest BCUT2D eigenvalue weighted by atomic mass is 35.5. The maximum atomic E-state index is 12.0. The van der Waals surface area contributed by atoms with Gasteiger partial charge >= 0.3 is 0 Å². The number of rotatable bonds is 4. The number of aromatic nitrogens is 2. The van der Waals surface area contributed by atoms with Gasteiger partial charge in [-0.25, -0.2) is 4.68 Å². The average molecular weight is 294 g/mol. The third kappa shape index (κ3) is 3.00. The van der Waals surface area contributed by atoms with Crippen LogP contribution in [0.4, 0.5) is 0 Å². The van der Waals surface area contributed by atoms with E-state index in [2.05, 4.69) is 10.4 Å². The predicted octanol–water partition coefficient (Wildman–Crippen LogP) is 1.94. The van der Waals surface area contributed by atoms with Crippen molar-refractivity contribution in [2.75, 3.05) is 6.61 Å². The number of halogens is 1. The Morgan fingerprint density at radius 1 is 1.50 bits per heavy atom. The smallest absolute Gasteiger partial charge is 0.272 e. The molecule has 0 aliphatic carbocycles. The third-order valence-electron chi connectivity index (χ3n) is 2.86. The Morgan fingerprint density at radius 2 is 2.20 bits per heavy atom. The number of benzene rings is 1. The van der Waals surface area contributed by atoms with Crippen LogP contribution in [0.5, 0.6) is 0 Å². The number of aryl methyl sites for hydroxylation is 1. The van der Waals surface area contributed by atoms with Gasteiger partial charge in [0.1, 0.15) is 0 Å². The zero-order chi connectivity index (χ0) is 14.7. The molecule has 20 heavy (non-hydrogen) atoms. The van der Waals surface area contributed by atoms with Crippen LogP contribution in [0.15, 0.2) is 30.5 Å². The van der Waals surface area contributed by atoms with Crippen molar-refractivity contribution in [1.82, 2.24) is 15.1 Å². The monoisotopic (exact) mass is 293 g/mol. The van der Waals surface area contributed by atoms with Gasteiger partial charge in [0, 0.05) is 17.8 Å². The Balaban J connectivity index is 2.31. The molecule has 0 unspecified atom stereocenters. The van der Waals surface area contributed by atoms with Crippen molar-refractivity contribution in [2.45, 2.75) is 19.9 Å². The van der Waals surface area contributed by atoms with E-state index in [0.717, 1.165) is 5.56 Å². The average Bonchev–Trinajstić information content (AvgIpc) is 2.81. The summed E-state index contributed by atoms with van der Waals surface area (Å²) in [5.41, 5.74) is 1.78. The number of aliphatic hydroxyl groups is 1. The fourth-order valence-electron chi connectivity index (χ4n) is 1.78. The molecule has 0 spiro atoms. The molecular weight excluding hydrogens is 278 g/mol. The standard InChI is InChI=1S/C14H16ClN3O2/c1-9-7-18(12-6-4-3-5-11(12)15)17-13(9)14(20)16-10(2)8-19/h3-7,10,19H,8H2,1-2H3,(H,16,20)/t10-/m0/s1. The number of nitrogens with zero attached hydrogens (tertiary/aromatic N) is 2. The topological polar surface area (TPSA) is 67.2 Å². The molecule has 2 rings (SSSR count). The summed E-state index contributed by atoms with van der Waals surface area (Å²) in [4.78, 5) is 12.0. The Kier molecular flexibility index (Phi) is 4.42. The van der Waals surface area contributed by atoms with Crippen LogP contribution in [-0.4, -0.2) is 33.4 Å².